The Labute approximate surface area is 97.8 Å². The van der Waals surface area contributed by atoms with Crippen LogP contribution in [0, 0.1) is 10.1 Å². The van der Waals surface area contributed by atoms with E-state index in [9.17, 15) is 14.9 Å². The third kappa shape index (κ3) is 4.25. The van der Waals surface area contributed by atoms with Crippen LogP contribution >= 0.6 is 0 Å². The summed E-state index contributed by atoms with van der Waals surface area (Å²) in [5.41, 5.74) is 2.72. The van der Waals surface area contributed by atoms with Crippen LogP contribution in [0.4, 0.5) is 5.69 Å². The highest BCUT2D eigenvalue weighted by atomic mass is 16.6. The second-order valence-electron chi connectivity index (χ2n) is 3.12. The van der Waals surface area contributed by atoms with Crippen molar-refractivity contribution in [3.8, 4) is 0 Å². The van der Waals surface area contributed by atoms with Crippen LogP contribution in [0.3, 0.4) is 0 Å². The van der Waals surface area contributed by atoms with Crippen molar-refractivity contribution in [2.75, 3.05) is 0 Å². The van der Waals surface area contributed by atoms with Gasteiger partial charge in [0.05, 0.1) is 10.5 Å². The first-order chi connectivity index (χ1) is 8.11. The fourth-order valence-electron chi connectivity index (χ4n) is 1.11. The molecule has 0 aliphatic heterocycles. The first-order valence-corrected chi connectivity index (χ1v) is 4.81. The minimum atomic E-state index is -0.454. The van der Waals surface area contributed by atoms with Crippen molar-refractivity contribution in [2.24, 2.45) is 5.10 Å². The van der Waals surface area contributed by atoms with Gasteiger partial charge in [-0.15, -0.1) is 0 Å². The summed E-state index contributed by atoms with van der Waals surface area (Å²) < 4.78 is 0. The first-order valence-electron chi connectivity index (χ1n) is 4.81. The predicted octanol–water partition coefficient (Wildman–Crippen LogP) is 1.73. The summed E-state index contributed by atoms with van der Waals surface area (Å²) >= 11 is 0. The smallest absolute Gasteiger partial charge is 0.274 e. The molecule has 1 aromatic carbocycles. The number of carbonyl (C=O) groups is 1. The van der Waals surface area contributed by atoms with Gasteiger partial charge < -0.3 is 0 Å². The lowest BCUT2D eigenvalue weighted by molar-refractivity contribution is -0.385. The molecule has 6 nitrogen and oxygen atoms in total. The summed E-state index contributed by atoms with van der Waals surface area (Å²) in [4.78, 5) is 20.7. The van der Waals surface area contributed by atoms with Crippen LogP contribution in [0.2, 0.25) is 0 Å². The molecule has 0 aliphatic rings. The van der Waals surface area contributed by atoms with Gasteiger partial charge in [0, 0.05) is 19.2 Å². The molecular weight excluding hydrogens is 222 g/mol. The number of para-hydroxylation sites is 1. The van der Waals surface area contributed by atoms with Crippen molar-refractivity contribution in [1.29, 1.82) is 0 Å². The van der Waals surface area contributed by atoms with E-state index in [1.54, 1.807) is 24.3 Å². The number of hydrogen-bond donors (Lipinski definition) is 1. The number of nitro benzene ring substituents is 1. The molecule has 6 heteroatoms. The molecular formula is C11H11N3O3. The quantitative estimate of drug-likeness (QED) is 0.488. The number of benzene rings is 1. The van der Waals surface area contributed by atoms with Gasteiger partial charge >= 0.3 is 0 Å². The predicted molar refractivity (Wildman–Crippen MR) is 64.4 cm³/mol. The van der Waals surface area contributed by atoms with E-state index in [2.05, 4.69) is 10.5 Å². The zero-order valence-electron chi connectivity index (χ0n) is 9.16. The minimum absolute atomic E-state index is 0.0247. The lowest BCUT2D eigenvalue weighted by Crippen LogP contribution is -2.11. The van der Waals surface area contributed by atoms with E-state index in [1.165, 1.54) is 25.3 Å². The van der Waals surface area contributed by atoms with Gasteiger partial charge in [0.15, 0.2) is 0 Å². The largest absolute Gasteiger partial charge is 0.276 e. The summed E-state index contributed by atoms with van der Waals surface area (Å²) in [6, 6.07) is 6.35. The maximum absolute atomic E-state index is 10.7. The molecule has 0 bridgehead atoms. The van der Waals surface area contributed by atoms with Crippen LogP contribution in [0.25, 0.3) is 6.08 Å². The topological polar surface area (TPSA) is 84.6 Å². The lowest BCUT2D eigenvalue weighted by atomic mass is 10.2. The van der Waals surface area contributed by atoms with Crippen molar-refractivity contribution < 1.29 is 9.72 Å². The molecule has 1 rings (SSSR count). The summed E-state index contributed by atoms with van der Waals surface area (Å²) in [5.74, 6) is -0.277. The van der Waals surface area contributed by atoms with Crippen molar-refractivity contribution in [3.05, 3.63) is 46.0 Å². The summed E-state index contributed by atoms with van der Waals surface area (Å²) in [5, 5.41) is 14.3. The number of allylic oxidation sites excluding steroid dienone is 1. The Kier molecular flexibility index (Phi) is 4.56. The van der Waals surface area contributed by atoms with Gasteiger partial charge in [-0.25, -0.2) is 5.43 Å². The highest BCUT2D eigenvalue weighted by molar-refractivity contribution is 5.81. The van der Waals surface area contributed by atoms with Crippen molar-refractivity contribution in [1.82, 2.24) is 5.43 Å². The van der Waals surface area contributed by atoms with Crippen LogP contribution < -0.4 is 5.43 Å². The van der Waals surface area contributed by atoms with Crippen LogP contribution in [-0.4, -0.2) is 17.0 Å². The highest BCUT2D eigenvalue weighted by Crippen LogP contribution is 2.18. The monoisotopic (exact) mass is 233 g/mol. The van der Waals surface area contributed by atoms with Crippen LogP contribution in [0.5, 0.6) is 0 Å². The first kappa shape index (κ1) is 12.6. The molecule has 0 aliphatic carbocycles. The molecule has 0 radical (unpaired) electrons. The number of hydrogen-bond acceptors (Lipinski definition) is 4. The van der Waals surface area contributed by atoms with Crippen molar-refractivity contribution in [2.45, 2.75) is 6.92 Å². The summed E-state index contributed by atoms with van der Waals surface area (Å²) in [7, 11) is 0. The molecule has 1 N–H and O–H groups in total. The standard InChI is InChI=1S/C11H11N3O3/c1-9(15)13-12-8-4-6-10-5-2-3-7-11(10)14(16)17/h2-8H,1H3,(H,13,15). The maximum atomic E-state index is 10.7. The number of hydrazone groups is 1. The zero-order chi connectivity index (χ0) is 12.7. The molecule has 88 valence electrons. The van der Waals surface area contributed by atoms with E-state index >= 15 is 0 Å². The van der Waals surface area contributed by atoms with Crippen molar-refractivity contribution >= 4 is 23.9 Å². The molecule has 0 aromatic heterocycles. The second-order valence-corrected chi connectivity index (χ2v) is 3.12. The number of amides is 1. The number of rotatable bonds is 4. The van der Waals surface area contributed by atoms with Gasteiger partial charge in [0.25, 0.3) is 5.69 Å². The third-order valence-electron chi connectivity index (χ3n) is 1.79. The van der Waals surface area contributed by atoms with Gasteiger partial charge in [-0.2, -0.15) is 5.10 Å². The SMILES string of the molecule is CC(=O)NN=CC=Cc1ccccc1[N+](=O)[O-]. The summed E-state index contributed by atoms with van der Waals surface area (Å²) in [6.07, 6.45) is 4.40. The Bertz CT molecular complexity index is 481. The van der Waals surface area contributed by atoms with E-state index in [0.29, 0.717) is 5.56 Å². The molecule has 0 spiro atoms. The number of carbonyl (C=O) groups excluding carboxylic acids is 1. The fourth-order valence-corrected chi connectivity index (χ4v) is 1.11. The van der Waals surface area contributed by atoms with Crippen molar-refractivity contribution in [3.63, 3.8) is 0 Å². The third-order valence-corrected chi connectivity index (χ3v) is 1.79. The van der Waals surface area contributed by atoms with E-state index in [-0.39, 0.29) is 11.6 Å². The molecule has 0 heterocycles. The molecule has 0 fully saturated rings. The Morgan fingerprint density at radius 3 is 2.82 bits per heavy atom. The molecule has 1 aromatic rings. The average molecular weight is 233 g/mol. The average Bonchev–Trinajstić information content (AvgIpc) is 2.28. The number of nitrogens with one attached hydrogen (secondary N) is 1. The normalized spacial score (nSPS) is 10.9. The van der Waals surface area contributed by atoms with Crippen LogP contribution in [0.15, 0.2) is 35.4 Å². The second kappa shape index (κ2) is 6.16. The van der Waals surface area contributed by atoms with Crippen LogP contribution in [-0.2, 0) is 4.79 Å². The lowest BCUT2D eigenvalue weighted by Gasteiger charge is -1.95. The van der Waals surface area contributed by atoms with E-state index in [4.69, 9.17) is 0 Å². The Balaban J connectivity index is 2.74. The molecule has 0 unspecified atom stereocenters. The highest BCUT2D eigenvalue weighted by Gasteiger charge is 2.08. The fraction of sp³-hybridized carbons (Fsp3) is 0.0909. The van der Waals surface area contributed by atoms with Crippen LogP contribution in [0.1, 0.15) is 12.5 Å². The van der Waals surface area contributed by atoms with Gasteiger partial charge in [-0.3, -0.25) is 14.9 Å². The minimum Gasteiger partial charge on any atom is -0.274 e. The van der Waals surface area contributed by atoms with Gasteiger partial charge in [0.1, 0.15) is 0 Å². The number of nitro groups is 1. The van der Waals surface area contributed by atoms with E-state index in [1.807, 2.05) is 0 Å². The zero-order valence-corrected chi connectivity index (χ0v) is 9.16. The summed E-state index contributed by atoms with van der Waals surface area (Å²) in [6.45, 7) is 1.34. The van der Waals surface area contributed by atoms with Gasteiger partial charge in [-0.05, 0) is 18.2 Å². The molecule has 17 heavy (non-hydrogen) atoms. The van der Waals surface area contributed by atoms with Gasteiger partial charge in [-0.1, -0.05) is 12.1 Å². The van der Waals surface area contributed by atoms with E-state index < -0.39 is 4.92 Å². The molecule has 0 atom stereocenters. The Morgan fingerprint density at radius 1 is 1.47 bits per heavy atom. The molecule has 1 amide bonds. The van der Waals surface area contributed by atoms with Gasteiger partial charge in [0.2, 0.25) is 5.91 Å². The molecule has 0 saturated heterocycles. The Hall–Kier alpha value is -2.50. The molecule has 0 saturated carbocycles. The maximum Gasteiger partial charge on any atom is 0.276 e. The van der Waals surface area contributed by atoms with E-state index in [0.717, 1.165) is 0 Å². The number of nitrogens with zero attached hydrogens (tertiary/aromatic N) is 2. The Morgan fingerprint density at radius 2 is 2.18 bits per heavy atom.